The molecule has 2 aromatic rings. The topological polar surface area (TPSA) is 93.0 Å². The van der Waals surface area contributed by atoms with E-state index in [1.807, 2.05) is 0 Å². The van der Waals surface area contributed by atoms with E-state index in [-0.39, 0.29) is 28.4 Å². The summed E-state index contributed by atoms with van der Waals surface area (Å²) in [6.07, 6.45) is -4.17. The number of hydrogen-bond donors (Lipinski definition) is 5. The van der Waals surface area contributed by atoms with Gasteiger partial charge in [-0.25, -0.2) is 0 Å². The number of aromatic hydroxyl groups is 3. The standard InChI is InChI=1S/C18H23NO4/c1-11-5-13(3-4-17(11)22)6-12(2)19-10-18(23)14-7-15(20)9-16(21)8-14/h3-5,7-9,12,18-23H,6,10H2,1-2H3/t12-,18+/m1/s1/i2D3,6D2,12D. The number of phenolic OH excluding ortho intramolecular Hbond substituents is 3. The molecule has 0 aliphatic carbocycles. The Balaban J connectivity index is 2.37. The molecule has 0 spiro atoms. The van der Waals surface area contributed by atoms with Crippen LogP contribution in [0.25, 0.3) is 0 Å². The highest BCUT2D eigenvalue weighted by Crippen LogP contribution is 2.24. The minimum absolute atomic E-state index is 0.0592. The van der Waals surface area contributed by atoms with Crippen LogP contribution >= 0.6 is 0 Å². The lowest BCUT2D eigenvalue weighted by molar-refractivity contribution is 0.170. The van der Waals surface area contributed by atoms with E-state index in [0.29, 0.717) is 5.56 Å². The van der Waals surface area contributed by atoms with Gasteiger partial charge in [-0.15, -0.1) is 0 Å². The second-order valence-corrected chi connectivity index (χ2v) is 5.18. The number of rotatable bonds is 6. The SMILES string of the molecule is [2H]C([2H])([2H])[C@@]([2H])(NC[C@H](O)c1cc(O)cc(O)c1)C([2H])([2H])c1ccc(O)c(C)c1. The molecule has 0 bridgehead atoms. The van der Waals surface area contributed by atoms with E-state index in [1.165, 1.54) is 25.1 Å². The Bertz CT molecular complexity index is 869. The Morgan fingerprint density at radius 3 is 2.48 bits per heavy atom. The molecule has 0 fully saturated rings. The molecule has 2 aromatic carbocycles. The fourth-order valence-electron chi connectivity index (χ4n) is 2.05. The Kier molecular flexibility index (Phi) is 3.36. The molecule has 2 atom stereocenters. The quantitative estimate of drug-likeness (QED) is 0.563. The first-order valence-corrected chi connectivity index (χ1v) is 6.95. The van der Waals surface area contributed by atoms with Crippen LogP contribution in [0.1, 0.15) is 37.9 Å². The van der Waals surface area contributed by atoms with Crippen molar-refractivity contribution in [3.8, 4) is 17.2 Å². The van der Waals surface area contributed by atoms with Crippen molar-refractivity contribution in [2.75, 3.05) is 6.54 Å². The number of hydrogen-bond acceptors (Lipinski definition) is 5. The molecule has 23 heavy (non-hydrogen) atoms. The fourth-order valence-corrected chi connectivity index (χ4v) is 2.05. The maximum atomic E-state index is 10.3. The molecule has 0 amide bonds. The molecule has 124 valence electrons. The second-order valence-electron chi connectivity index (χ2n) is 5.18. The predicted molar refractivity (Wildman–Crippen MR) is 88.7 cm³/mol. The lowest BCUT2D eigenvalue weighted by Gasteiger charge is -2.18. The van der Waals surface area contributed by atoms with Crippen LogP contribution in [0.2, 0.25) is 0 Å². The number of benzene rings is 2. The molecule has 0 aliphatic heterocycles. The molecule has 0 aromatic heterocycles. The maximum Gasteiger partial charge on any atom is 0.119 e. The Morgan fingerprint density at radius 2 is 1.87 bits per heavy atom. The van der Waals surface area contributed by atoms with E-state index < -0.39 is 31.9 Å². The average molecular weight is 323 g/mol. The van der Waals surface area contributed by atoms with Crippen LogP contribution in [-0.4, -0.2) is 33.0 Å². The van der Waals surface area contributed by atoms with Gasteiger partial charge >= 0.3 is 0 Å². The number of aliphatic hydroxyl groups excluding tert-OH is 1. The number of aliphatic hydroxyl groups is 1. The van der Waals surface area contributed by atoms with E-state index in [2.05, 4.69) is 5.32 Å². The van der Waals surface area contributed by atoms with Crippen LogP contribution in [-0.2, 0) is 6.37 Å². The third kappa shape index (κ3) is 4.87. The normalized spacial score (nSPS) is 20.1. The van der Waals surface area contributed by atoms with Gasteiger partial charge in [0.25, 0.3) is 0 Å². The summed E-state index contributed by atoms with van der Waals surface area (Å²) in [5.74, 6) is -0.732. The van der Waals surface area contributed by atoms with Crippen LogP contribution in [0.4, 0.5) is 0 Å². The molecule has 0 radical (unpaired) electrons. The summed E-state index contributed by atoms with van der Waals surface area (Å²) in [5.41, 5.74) is 0.245. The molecule has 0 aliphatic rings. The van der Waals surface area contributed by atoms with Crippen molar-refractivity contribution in [1.82, 2.24) is 5.32 Å². The molecule has 5 nitrogen and oxygen atoms in total. The highest BCUT2D eigenvalue weighted by Gasteiger charge is 2.12. The van der Waals surface area contributed by atoms with Crippen LogP contribution in [0.15, 0.2) is 36.4 Å². The zero-order valence-corrected chi connectivity index (χ0v) is 12.5. The van der Waals surface area contributed by atoms with E-state index in [4.69, 9.17) is 8.22 Å². The van der Waals surface area contributed by atoms with Gasteiger partial charge in [0, 0.05) is 26.9 Å². The van der Waals surface area contributed by atoms with Crippen molar-refractivity contribution < 1.29 is 28.7 Å². The first kappa shape index (κ1) is 10.5. The lowest BCUT2D eigenvalue weighted by Crippen LogP contribution is -2.32. The molecule has 0 heterocycles. The fraction of sp³-hybridized carbons (Fsp3) is 0.333. The monoisotopic (exact) mass is 323 g/mol. The smallest absolute Gasteiger partial charge is 0.119 e. The molecule has 0 saturated carbocycles. The van der Waals surface area contributed by atoms with Crippen molar-refractivity contribution in [2.45, 2.75) is 32.3 Å². The third-order valence-corrected chi connectivity index (χ3v) is 3.25. The Labute approximate surface area is 144 Å². The molecule has 5 heteroatoms. The van der Waals surface area contributed by atoms with Gasteiger partial charge in [-0.3, -0.25) is 0 Å². The van der Waals surface area contributed by atoms with Gasteiger partial charge in [-0.1, -0.05) is 12.1 Å². The first-order chi connectivity index (χ1) is 13.2. The first-order valence-electron chi connectivity index (χ1n) is 9.95. The minimum Gasteiger partial charge on any atom is -0.508 e. The molecule has 0 saturated heterocycles. The summed E-state index contributed by atoms with van der Waals surface area (Å²) >= 11 is 0. The lowest BCUT2D eigenvalue weighted by atomic mass is 10.0. The summed E-state index contributed by atoms with van der Waals surface area (Å²) < 4.78 is 48.4. The summed E-state index contributed by atoms with van der Waals surface area (Å²) in [4.78, 5) is 0. The van der Waals surface area contributed by atoms with Gasteiger partial charge < -0.3 is 25.7 Å². The van der Waals surface area contributed by atoms with E-state index in [0.717, 1.165) is 18.2 Å². The number of phenols is 3. The van der Waals surface area contributed by atoms with Crippen LogP contribution in [0.3, 0.4) is 0 Å². The highest BCUT2D eigenvalue weighted by molar-refractivity contribution is 5.38. The van der Waals surface area contributed by atoms with Crippen molar-refractivity contribution in [2.24, 2.45) is 0 Å². The van der Waals surface area contributed by atoms with Crippen LogP contribution in [0, 0.1) is 6.92 Å². The predicted octanol–water partition coefficient (Wildman–Crippen LogP) is 2.37. The summed E-state index contributed by atoms with van der Waals surface area (Å²) in [6, 6.07) is 4.18. The van der Waals surface area contributed by atoms with E-state index in [9.17, 15) is 20.4 Å². The van der Waals surface area contributed by atoms with E-state index >= 15 is 0 Å². The molecular weight excluding hydrogens is 294 g/mol. The molecule has 5 N–H and O–H groups in total. The van der Waals surface area contributed by atoms with E-state index in [1.54, 1.807) is 0 Å². The third-order valence-electron chi connectivity index (χ3n) is 3.25. The minimum atomic E-state index is -3.14. The van der Waals surface area contributed by atoms with Crippen molar-refractivity contribution in [3.05, 3.63) is 53.1 Å². The van der Waals surface area contributed by atoms with Gasteiger partial charge in [0.1, 0.15) is 17.2 Å². The van der Waals surface area contributed by atoms with Gasteiger partial charge in [-0.05, 0) is 55.0 Å². The largest absolute Gasteiger partial charge is 0.508 e. The van der Waals surface area contributed by atoms with Crippen LogP contribution < -0.4 is 5.32 Å². The van der Waals surface area contributed by atoms with Gasteiger partial charge in [0.2, 0.25) is 0 Å². The van der Waals surface area contributed by atoms with Gasteiger partial charge in [-0.2, -0.15) is 0 Å². The van der Waals surface area contributed by atoms with Crippen LogP contribution in [0.5, 0.6) is 17.2 Å². The maximum absolute atomic E-state index is 10.3. The average Bonchev–Trinajstić information content (AvgIpc) is 2.59. The summed E-state index contributed by atoms with van der Waals surface area (Å²) in [5, 5.41) is 41.3. The summed E-state index contributed by atoms with van der Waals surface area (Å²) in [6.45, 7) is -2.16. The van der Waals surface area contributed by atoms with Crippen molar-refractivity contribution >= 4 is 0 Å². The van der Waals surface area contributed by atoms with Crippen molar-refractivity contribution in [1.29, 1.82) is 0 Å². The summed E-state index contributed by atoms with van der Waals surface area (Å²) in [7, 11) is 0. The molecule has 0 unspecified atom stereocenters. The van der Waals surface area contributed by atoms with Gasteiger partial charge in [0.05, 0.1) is 6.10 Å². The molecular formula is C18H23NO4. The Morgan fingerprint density at radius 1 is 1.17 bits per heavy atom. The molecule has 2 rings (SSSR count). The zero-order chi connectivity index (χ0) is 22.2. The second kappa shape index (κ2) is 7.35. The van der Waals surface area contributed by atoms with Gasteiger partial charge in [0.15, 0.2) is 0 Å². The number of nitrogens with one attached hydrogen (secondary N) is 1. The number of aryl methyl sites for hydroxylation is 1. The van der Waals surface area contributed by atoms with Crippen molar-refractivity contribution in [3.63, 3.8) is 0 Å². The Hall–Kier alpha value is -2.24. The zero-order valence-electron chi connectivity index (χ0n) is 18.5. The highest BCUT2D eigenvalue weighted by atomic mass is 16.3.